The Labute approximate surface area is 85.6 Å². The van der Waals surface area contributed by atoms with Gasteiger partial charge in [-0.1, -0.05) is 19.9 Å². The van der Waals surface area contributed by atoms with Crippen LogP contribution in [-0.2, 0) is 9.53 Å². The van der Waals surface area contributed by atoms with Crippen LogP contribution in [0, 0.1) is 0 Å². The lowest BCUT2D eigenvalue weighted by Gasteiger charge is -2.14. The predicted octanol–water partition coefficient (Wildman–Crippen LogP) is 3.00. The smallest absolute Gasteiger partial charge is 0.222 e. The van der Waals surface area contributed by atoms with Crippen molar-refractivity contribution in [3.05, 3.63) is 24.0 Å². The quantitative estimate of drug-likeness (QED) is 0.629. The van der Waals surface area contributed by atoms with E-state index < -0.39 is 0 Å². The molecule has 0 saturated heterocycles. The van der Waals surface area contributed by atoms with Gasteiger partial charge >= 0.3 is 0 Å². The maximum Gasteiger partial charge on any atom is 0.222 e. The van der Waals surface area contributed by atoms with Gasteiger partial charge in [0.1, 0.15) is 0 Å². The summed E-state index contributed by atoms with van der Waals surface area (Å²) in [6, 6.07) is 0. The van der Waals surface area contributed by atoms with Crippen molar-refractivity contribution in [2.45, 2.75) is 39.0 Å². The van der Waals surface area contributed by atoms with E-state index in [0.29, 0.717) is 17.9 Å². The third-order valence-electron chi connectivity index (χ3n) is 2.31. The van der Waals surface area contributed by atoms with Crippen LogP contribution in [0.15, 0.2) is 24.0 Å². The van der Waals surface area contributed by atoms with E-state index in [1.807, 2.05) is 6.08 Å². The van der Waals surface area contributed by atoms with E-state index in [2.05, 4.69) is 13.5 Å². The molecule has 2 nitrogen and oxygen atoms in total. The van der Waals surface area contributed by atoms with E-state index in [9.17, 15) is 4.79 Å². The molecule has 0 bridgehead atoms. The summed E-state index contributed by atoms with van der Waals surface area (Å²) in [6.45, 7) is 6.57. The van der Waals surface area contributed by atoms with Crippen molar-refractivity contribution in [2.75, 3.05) is 6.61 Å². The molecule has 1 rings (SSSR count). The molecule has 0 spiro atoms. The minimum Gasteiger partial charge on any atom is -0.490 e. The third kappa shape index (κ3) is 3.02. The summed E-state index contributed by atoms with van der Waals surface area (Å²) >= 11 is 0. The van der Waals surface area contributed by atoms with Gasteiger partial charge in [0, 0.05) is 0 Å². The Morgan fingerprint density at radius 3 is 3.00 bits per heavy atom. The van der Waals surface area contributed by atoms with Gasteiger partial charge < -0.3 is 4.74 Å². The van der Waals surface area contributed by atoms with Gasteiger partial charge in [-0.05, 0) is 37.3 Å². The lowest BCUT2D eigenvalue weighted by Crippen LogP contribution is -2.12. The number of carbonyl (C=O) groups is 1. The minimum absolute atomic E-state index is 0.00171. The van der Waals surface area contributed by atoms with E-state index in [4.69, 9.17) is 4.74 Å². The van der Waals surface area contributed by atoms with E-state index >= 15 is 0 Å². The second-order valence-electron chi connectivity index (χ2n) is 3.60. The molecule has 0 unspecified atom stereocenters. The Balaban J connectivity index is 2.47. The van der Waals surface area contributed by atoms with Crippen molar-refractivity contribution in [3.63, 3.8) is 0 Å². The van der Waals surface area contributed by atoms with E-state index in [0.717, 1.165) is 32.1 Å². The normalized spacial score (nSPS) is 15.6. The lowest BCUT2D eigenvalue weighted by atomic mass is 10.0. The van der Waals surface area contributed by atoms with Crippen molar-refractivity contribution >= 4 is 5.78 Å². The molecule has 0 amide bonds. The maximum atomic E-state index is 11.7. The number of Topliss-reactive ketones (excluding diaryl/α,β-unsaturated/α-hetero) is 1. The van der Waals surface area contributed by atoms with Gasteiger partial charge in [-0.3, -0.25) is 4.79 Å². The van der Waals surface area contributed by atoms with E-state index in [1.54, 1.807) is 0 Å². The molecule has 1 aliphatic rings. The van der Waals surface area contributed by atoms with Gasteiger partial charge in [0.05, 0.1) is 6.61 Å². The average molecular weight is 194 g/mol. The number of carbonyl (C=O) groups excluding carboxylic acids is 1. The summed E-state index contributed by atoms with van der Waals surface area (Å²) < 4.78 is 5.29. The Kier molecular flexibility index (Phi) is 4.44. The Morgan fingerprint density at radius 2 is 2.43 bits per heavy atom. The van der Waals surface area contributed by atoms with Gasteiger partial charge in [-0.2, -0.15) is 0 Å². The molecular formula is C12H18O2. The van der Waals surface area contributed by atoms with Crippen LogP contribution >= 0.6 is 0 Å². The number of rotatable bonds is 5. The molecule has 1 aliphatic heterocycles. The van der Waals surface area contributed by atoms with Crippen molar-refractivity contribution in [1.82, 2.24) is 0 Å². The Bertz CT molecular complexity index is 251. The van der Waals surface area contributed by atoms with Gasteiger partial charge in [-0.15, -0.1) is 0 Å². The topological polar surface area (TPSA) is 26.3 Å². The van der Waals surface area contributed by atoms with Gasteiger partial charge in [0.2, 0.25) is 5.78 Å². The summed E-state index contributed by atoms with van der Waals surface area (Å²) in [6.07, 6.45) is 6.74. The molecule has 2 heteroatoms. The fraction of sp³-hybridized carbons (Fsp3) is 0.583. The van der Waals surface area contributed by atoms with Crippen molar-refractivity contribution in [2.24, 2.45) is 0 Å². The first-order valence-electron chi connectivity index (χ1n) is 5.31. The summed E-state index contributed by atoms with van der Waals surface area (Å²) in [5.74, 6) is 0.510. The first-order chi connectivity index (χ1) is 6.75. The fourth-order valence-electron chi connectivity index (χ4n) is 1.39. The molecule has 0 saturated carbocycles. The first kappa shape index (κ1) is 11.0. The van der Waals surface area contributed by atoms with E-state index in [-0.39, 0.29) is 5.78 Å². The maximum absolute atomic E-state index is 11.7. The number of allylic oxidation sites excluding steroid dienone is 2. The van der Waals surface area contributed by atoms with Crippen LogP contribution in [0.4, 0.5) is 0 Å². The molecular weight excluding hydrogens is 176 g/mol. The standard InChI is InChI=1S/C12H18O2/c1-3-4-7-10(2)12(13)11-8-5-6-9-14-11/h8H,2-7,9H2,1H3. The van der Waals surface area contributed by atoms with Gasteiger partial charge in [0.25, 0.3) is 0 Å². The predicted molar refractivity (Wildman–Crippen MR) is 56.9 cm³/mol. The lowest BCUT2D eigenvalue weighted by molar-refractivity contribution is -0.115. The fourth-order valence-corrected chi connectivity index (χ4v) is 1.39. The van der Waals surface area contributed by atoms with Crippen LogP contribution in [-0.4, -0.2) is 12.4 Å². The van der Waals surface area contributed by atoms with Crippen molar-refractivity contribution in [3.8, 4) is 0 Å². The molecule has 0 aliphatic carbocycles. The van der Waals surface area contributed by atoms with Crippen LogP contribution in [0.1, 0.15) is 39.0 Å². The highest BCUT2D eigenvalue weighted by Gasteiger charge is 2.16. The highest BCUT2D eigenvalue weighted by atomic mass is 16.5. The second-order valence-corrected chi connectivity index (χ2v) is 3.60. The largest absolute Gasteiger partial charge is 0.490 e. The Morgan fingerprint density at radius 1 is 1.64 bits per heavy atom. The monoisotopic (exact) mass is 194 g/mol. The molecule has 0 aromatic carbocycles. The van der Waals surface area contributed by atoms with Crippen LogP contribution in [0.25, 0.3) is 0 Å². The van der Waals surface area contributed by atoms with Crippen molar-refractivity contribution in [1.29, 1.82) is 0 Å². The SMILES string of the molecule is C=C(CCCC)C(=O)C1=CCCCO1. The molecule has 0 radical (unpaired) electrons. The number of hydrogen-bond acceptors (Lipinski definition) is 2. The highest BCUT2D eigenvalue weighted by molar-refractivity contribution is 6.06. The molecule has 0 aromatic heterocycles. The van der Waals surface area contributed by atoms with Crippen LogP contribution in [0.5, 0.6) is 0 Å². The summed E-state index contributed by atoms with van der Waals surface area (Å²) in [7, 11) is 0. The molecule has 14 heavy (non-hydrogen) atoms. The zero-order chi connectivity index (χ0) is 10.4. The highest BCUT2D eigenvalue weighted by Crippen LogP contribution is 2.16. The Hall–Kier alpha value is -1.05. The summed E-state index contributed by atoms with van der Waals surface area (Å²) in [5.41, 5.74) is 0.681. The molecule has 1 heterocycles. The third-order valence-corrected chi connectivity index (χ3v) is 2.31. The second kappa shape index (κ2) is 5.63. The zero-order valence-electron chi connectivity index (χ0n) is 8.84. The number of unbranched alkanes of at least 4 members (excludes halogenated alkanes) is 1. The number of hydrogen-bond donors (Lipinski definition) is 0. The van der Waals surface area contributed by atoms with Crippen molar-refractivity contribution < 1.29 is 9.53 Å². The number of ketones is 1. The average Bonchev–Trinajstić information content (AvgIpc) is 2.26. The van der Waals surface area contributed by atoms with E-state index in [1.165, 1.54) is 0 Å². The first-order valence-corrected chi connectivity index (χ1v) is 5.31. The van der Waals surface area contributed by atoms with Crippen LogP contribution in [0.3, 0.4) is 0 Å². The minimum atomic E-state index is -0.00171. The molecule has 0 N–H and O–H groups in total. The van der Waals surface area contributed by atoms with Gasteiger partial charge in [-0.25, -0.2) is 0 Å². The number of ether oxygens (including phenoxy) is 1. The molecule has 0 fully saturated rings. The van der Waals surface area contributed by atoms with Gasteiger partial charge in [0.15, 0.2) is 5.76 Å². The zero-order valence-corrected chi connectivity index (χ0v) is 8.84. The van der Waals surface area contributed by atoms with Crippen LogP contribution in [0.2, 0.25) is 0 Å². The molecule has 78 valence electrons. The summed E-state index contributed by atoms with van der Waals surface area (Å²) in [4.78, 5) is 11.7. The molecule has 0 atom stereocenters. The van der Waals surface area contributed by atoms with Crippen LogP contribution < -0.4 is 0 Å². The molecule has 0 aromatic rings. The summed E-state index contributed by atoms with van der Waals surface area (Å²) in [5, 5.41) is 0.